The quantitative estimate of drug-likeness (QED) is 0.405. The van der Waals surface area contributed by atoms with E-state index in [1.54, 1.807) is 37.4 Å². The molecular weight excluding hydrogens is 342 g/mol. The van der Waals surface area contributed by atoms with Gasteiger partial charge in [0.25, 0.3) is 5.91 Å². The predicted octanol–water partition coefficient (Wildman–Crippen LogP) is 3.82. The van der Waals surface area contributed by atoms with E-state index in [1.165, 1.54) is 0 Å². The van der Waals surface area contributed by atoms with Crippen LogP contribution in [0.3, 0.4) is 0 Å². The normalized spacial score (nSPS) is 11.3. The Morgan fingerprint density at radius 2 is 1.70 bits per heavy atom. The minimum atomic E-state index is -0.473. The molecule has 0 atom stereocenters. The number of benzene rings is 1. The van der Waals surface area contributed by atoms with Gasteiger partial charge in [-0.25, -0.2) is 4.79 Å². The van der Waals surface area contributed by atoms with Gasteiger partial charge in [0, 0.05) is 25.0 Å². The minimum absolute atomic E-state index is 0.0470. The third kappa shape index (κ3) is 7.95. The summed E-state index contributed by atoms with van der Waals surface area (Å²) in [5.74, 6) is -0.0539. The van der Waals surface area contributed by atoms with Gasteiger partial charge in [-0.1, -0.05) is 27.7 Å². The first-order chi connectivity index (χ1) is 12.8. The van der Waals surface area contributed by atoms with E-state index in [-0.39, 0.29) is 5.57 Å². The van der Waals surface area contributed by atoms with Crippen molar-refractivity contribution in [3.05, 3.63) is 41.6 Å². The number of nitrogens with one attached hydrogen (secondary N) is 1. The first-order valence-electron chi connectivity index (χ1n) is 9.21. The largest absolute Gasteiger partial charge is 0.462 e. The first kappa shape index (κ1) is 22.2. The highest BCUT2D eigenvalue weighted by Crippen LogP contribution is 2.13. The Bertz CT molecular complexity index is 690. The Hall–Kier alpha value is -2.81. The first-order valence-corrected chi connectivity index (χ1v) is 9.21. The van der Waals surface area contributed by atoms with Gasteiger partial charge >= 0.3 is 5.97 Å². The lowest BCUT2D eigenvalue weighted by molar-refractivity contribution is -0.112. The van der Waals surface area contributed by atoms with Crippen molar-refractivity contribution in [3.8, 4) is 6.07 Å². The number of hydrogen-bond donors (Lipinski definition) is 1. The van der Waals surface area contributed by atoms with Crippen LogP contribution in [-0.4, -0.2) is 36.5 Å². The molecule has 0 aliphatic carbocycles. The van der Waals surface area contributed by atoms with Crippen LogP contribution in [0.5, 0.6) is 0 Å². The number of nitrogens with zero attached hydrogens (tertiary/aromatic N) is 2. The molecule has 1 rings (SSSR count). The van der Waals surface area contributed by atoms with Gasteiger partial charge in [0.2, 0.25) is 0 Å². The molecule has 6 heteroatoms. The van der Waals surface area contributed by atoms with Crippen LogP contribution >= 0.6 is 0 Å². The molecule has 6 nitrogen and oxygen atoms in total. The molecular formula is C21H29N3O3. The second-order valence-corrected chi connectivity index (χ2v) is 7.15. The molecule has 0 saturated heterocycles. The molecule has 0 fully saturated rings. The molecule has 0 bridgehead atoms. The third-order valence-electron chi connectivity index (χ3n) is 3.53. The van der Waals surface area contributed by atoms with Gasteiger partial charge in [0.1, 0.15) is 11.6 Å². The second kappa shape index (κ2) is 11.0. The lowest BCUT2D eigenvalue weighted by Crippen LogP contribution is -2.28. The standard InChI is InChI=1S/C21H29N3O3/c1-6-27-21(26)17-7-9-19(10-8-17)23-20(25)18(11-22)14-24(12-15(2)3)13-16(4)5/h7-10,14-16H,6,12-13H2,1-5H3,(H,23,25)/b18-14-. The van der Waals surface area contributed by atoms with Gasteiger partial charge in [-0.2, -0.15) is 5.26 Å². The Balaban J connectivity index is 2.87. The molecule has 0 heterocycles. The topological polar surface area (TPSA) is 82.4 Å². The third-order valence-corrected chi connectivity index (χ3v) is 3.53. The number of nitriles is 1. The fraction of sp³-hybridized carbons (Fsp3) is 0.476. The van der Waals surface area contributed by atoms with Crippen LogP contribution in [0.1, 0.15) is 45.0 Å². The van der Waals surface area contributed by atoms with E-state index < -0.39 is 11.9 Å². The maximum absolute atomic E-state index is 12.5. The Morgan fingerprint density at radius 3 is 2.15 bits per heavy atom. The fourth-order valence-electron chi connectivity index (χ4n) is 2.54. The zero-order chi connectivity index (χ0) is 20.4. The molecule has 0 aliphatic heterocycles. The Kier molecular flexibility index (Phi) is 9.07. The molecule has 0 aliphatic rings. The average molecular weight is 371 g/mol. The van der Waals surface area contributed by atoms with E-state index in [0.29, 0.717) is 29.7 Å². The molecule has 1 amide bonds. The molecule has 27 heavy (non-hydrogen) atoms. The van der Waals surface area contributed by atoms with E-state index >= 15 is 0 Å². The van der Waals surface area contributed by atoms with E-state index in [1.807, 2.05) is 11.0 Å². The van der Waals surface area contributed by atoms with Gasteiger partial charge in [0.15, 0.2) is 0 Å². The van der Waals surface area contributed by atoms with E-state index in [0.717, 1.165) is 13.1 Å². The number of rotatable bonds is 9. The van der Waals surface area contributed by atoms with Crippen molar-refractivity contribution in [2.45, 2.75) is 34.6 Å². The monoisotopic (exact) mass is 371 g/mol. The van der Waals surface area contributed by atoms with Crippen molar-refractivity contribution < 1.29 is 14.3 Å². The molecule has 0 spiro atoms. The van der Waals surface area contributed by atoms with Crippen LogP contribution in [-0.2, 0) is 9.53 Å². The Morgan fingerprint density at radius 1 is 1.15 bits per heavy atom. The van der Waals surface area contributed by atoms with Crippen LogP contribution in [0.4, 0.5) is 5.69 Å². The number of ether oxygens (including phenoxy) is 1. The highest BCUT2D eigenvalue weighted by atomic mass is 16.5. The second-order valence-electron chi connectivity index (χ2n) is 7.15. The van der Waals surface area contributed by atoms with E-state index in [9.17, 15) is 14.9 Å². The number of hydrogen-bond acceptors (Lipinski definition) is 5. The van der Waals surface area contributed by atoms with Crippen LogP contribution in [0.25, 0.3) is 0 Å². The van der Waals surface area contributed by atoms with Gasteiger partial charge in [-0.15, -0.1) is 0 Å². The maximum atomic E-state index is 12.5. The van der Waals surface area contributed by atoms with Crippen molar-refractivity contribution in [2.75, 3.05) is 25.0 Å². The van der Waals surface area contributed by atoms with E-state index in [4.69, 9.17) is 4.74 Å². The highest BCUT2D eigenvalue weighted by molar-refractivity contribution is 6.06. The van der Waals surface area contributed by atoms with Gasteiger partial charge in [-0.05, 0) is 43.0 Å². The molecule has 1 aromatic rings. The van der Waals surface area contributed by atoms with Crippen molar-refractivity contribution in [1.29, 1.82) is 5.26 Å². The highest BCUT2D eigenvalue weighted by Gasteiger charge is 2.14. The summed E-state index contributed by atoms with van der Waals surface area (Å²) < 4.78 is 4.93. The zero-order valence-corrected chi connectivity index (χ0v) is 16.8. The molecule has 0 radical (unpaired) electrons. The molecule has 0 aromatic heterocycles. The molecule has 1 aromatic carbocycles. The van der Waals surface area contributed by atoms with E-state index in [2.05, 4.69) is 33.0 Å². The van der Waals surface area contributed by atoms with Crippen molar-refractivity contribution in [2.24, 2.45) is 11.8 Å². The van der Waals surface area contributed by atoms with Gasteiger partial charge in [-0.3, -0.25) is 4.79 Å². The summed E-state index contributed by atoms with van der Waals surface area (Å²) in [6.07, 6.45) is 1.63. The molecule has 146 valence electrons. The van der Waals surface area contributed by atoms with Crippen LogP contribution in [0, 0.1) is 23.2 Å². The smallest absolute Gasteiger partial charge is 0.338 e. The average Bonchev–Trinajstić information content (AvgIpc) is 2.59. The Labute approximate surface area is 161 Å². The lowest BCUT2D eigenvalue weighted by atomic mass is 10.1. The van der Waals surface area contributed by atoms with Crippen LogP contribution in [0.15, 0.2) is 36.0 Å². The maximum Gasteiger partial charge on any atom is 0.338 e. The predicted molar refractivity (Wildman–Crippen MR) is 106 cm³/mol. The molecule has 0 saturated carbocycles. The summed E-state index contributed by atoms with van der Waals surface area (Å²) in [5, 5.41) is 12.1. The van der Waals surface area contributed by atoms with Gasteiger partial charge < -0.3 is 15.0 Å². The number of anilines is 1. The number of carbonyl (C=O) groups is 2. The minimum Gasteiger partial charge on any atom is -0.462 e. The lowest BCUT2D eigenvalue weighted by Gasteiger charge is -2.25. The summed E-state index contributed by atoms with van der Waals surface area (Å²) in [6, 6.07) is 8.35. The fourth-order valence-corrected chi connectivity index (χ4v) is 2.54. The molecule has 0 unspecified atom stereocenters. The van der Waals surface area contributed by atoms with Crippen molar-refractivity contribution in [3.63, 3.8) is 0 Å². The van der Waals surface area contributed by atoms with Gasteiger partial charge in [0.05, 0.1) is 12.2 Å². The summed E-state index contributed by atoms with van der Waals surface area (Å²) in [5.41, 5.74) is 0.963. The summed E-state index contributed by atoms with van der Waals surface area (Å²) in [7, 11) is 0. The van der Waals surface area contributed by atoms with Crippen LogP contribution < -0.4 is 5.32 Å². The van der Waals surface area contributed by atoms with Crippen molar-refractivity contribution in [1.82, 2.24) is 4.90 Å². The summed E-state index contributed by atoms with van der Waals surface area (Å²) >= 11 is 0. The number of esters is 1. The summed E-state index contributed by atoms with van der Waals surface area (Å²) in [6.45, 7) is 12.0. The SMILES string of the molecule is CCOC(=O)c1ccc(NC(=O)/C(C#N)=C\N(CC(C)C)CC(C)C)cc1. The number of carbonyl (C=O) groups excluding carboxylic acids is 2. The van der Waals surface area contributed by atoms with Crippen molar-refractivity contribution >= 4 is 17.6 Å². The van der Waals surface area contributed by atoms with Crippen LogP contribution in [0.2, 0.25) is 0 Å². The zero-order valence-electron chi connectivity index (χ0n) is 16.8. The summed E-state index contributed by atoms with van der Waals surface area (Å²) in [4.78, 5) is 26.1. The number of amides is 1. The molecule has 1 N–H and O–H groups in total.